The standard InChI is InChI=1S/C42H39N3O2/c1-24(2)29-21-27(26-15-9-8-10-16-26)22-30(25(3)4)38(29)45-33-19-13-12-18-32(33)43-40(45)31-23-35-37(44-41(47-35)42(5,6)7)36-28-17-11-14-20-34(28)46-39(31)36/h8-25H,1-7H3. The van der Waals surface area contributed by atoms with Crippen LogP contribution in [0.5, 0.6) is 0 Å². The Morgan fingerprint density at radius 2 is 1.32 bits per heavy atom. The summed E-state index contributed by atoms with van der Waals surface area (Å²) in [6.07, 6.45) is 0. The number of imidazole rings is 1. The molecule has 5 aromatic carbocycles. The number of furan rings is 1. The van der Waals surface area contributed by atoms with Crippen molar-refractivity contribution >= 4 is 44.1 Å². The highest BCUT2D eigenvalue weighted by Gasteiger charge is 2.29. The molecule has 0 aliphatic heterocycles. The minimum Gasteiger partial charge on any atom is -0.455 e. The van der Waals surface area contributed by atoms with E-state index in [1.807, 2.05) is 18.2 Å². The zero-order chi connectivity index (χ0) is 32.6. The van der Waals surface area contributed by atoms with Crippen LogP contribution in [-0.4, -0.2) is 14.5 Å². The van der Waals surface area contributed by atoms with Crippen molar-refractivity contribution < 1.29 is 8.83 Å². The van der Waals surface area contributed by atoms with Gasteiger partial charge in [-0.3, -0.25) is 4.57 Å². The molecule has 8 rings (SSSR count). The number of benzene rings is 5. The molecule has 0 aliphatic carbocycles. The highest BCUT2D eigenvalue weighted by molar-refractivity contribution is 6.20. The van der Waals surface area contributed by atoms with Gasteiger partial charge in [-0.15, -0.1) is 0 Å². The molecule has 0 radical (unpaired) electrons. The van der Waals surface area contributed by atoms with Gasteiger partial charge in [0.25, 0.3) is 0 Å². The third kappa shape index (κ3) is 4.67. The molecule has 0 bridgehead atoms. The van der Waals surface area contributed by atoms with E-state index in [1.165, 1.54) is 27.9 Å². The molecule has 5 nitrogen and oxygen atoms in total. The Labute approximate surface area is 274 Å². The lowest BCUT2D eigenvalue weighted by Gasteiger charge is -2.24. The summed E-state index contributed by atoms with van der Waals surface area (Å²) in [4.78, 5) is 10.4. The van der Waals surface area contributed by atoms with Gasteiger partial charge in [-0.05, 0) is 70.5 Å². The van der Waals surface area contributed by atoms with Crippen molar-refractivity contribution in [2.24, 2.45) is 0 Å². The molecule has 0 unspecified atom stereocenters. The van der Waals surface area contributed by atoms with Crippen LogP contribution >= 0.6 is 0 Å². The summed E-state index contributed by atoms with van der Waals surface area (Å²) in [6.45, 7) is 15.5. The van der Waals surface area contributed by atoms with E-state index < -0.39 is 0 Å². The molecule has 0 fully saturated rings. The van der Waals surface area contributed by atoms with Gasteiger partial charge in [0.2, 0.25) is 5.89 Å². The molecule has 0 atom stereocenters. The summed E-state index contributed by atoms with van der Waals surface area (Å²) in [5, 5.41) is 1.97. The normalized spacial score (nSPS) is 12.5. The van der Waals surface area contributed by atoms with Crippen LogP contribution in [0, 0.1) is 0 Å². The minimum absolute atomic E-state index is 0.253. The first-order valence-corrected chi connectivity index (χ1v) is 16.6. The van der Waals surface area contributed by atoms with E-state index in [2.05, 4.69) is 132 Å². The molecular weight excluding hydrogens is 578 g/mol. The predicted octanol–water partition coefficient (Wildman–Crippen LogP) is 11.9. The third-order valence-electron chi connectivity index (χ3n) is 9.19. The average Bonchev–Trinajstić information content (AvgIpc) is 3.77. The molecular formula is C42H39N3O2. The van der Waals surface area contributed by atoms with Crippen molar-refractivity contribution in [3.05, 3.63) is 114 Å². The fraction of sp³-hybridized carbons (Fsp3) is 0.238. The maximum Gasteiger partial charge on any atom is 0.200 e. The van der Waals surface area contributed by atoms with Crippen molar-refractivity contribution in [1.29, 1.82) is 0 Å². The minimum atomic E-state index is -0.253. The summed E-state index contributed by atoms with van der Waals surface area (Å²) < 4.78 is 15.6. The first kappa shape index (κ1) is 29.3. The molecule has 0 amide bonds. The Hall–Kier alpha value is -5.16. The molecule has 0 saturated heterocycles. The molecule has 234 valence electrons. The molecule has 0 N–H and O–H groups in total. The van der Waals surface area contributed by atoms with Crippen LogP contribution < -0.4 is 0 Å². The van der Waals surface area contributed by atoms with Crippen LogP contribution in [-0.2, 0) is 5.41 Å². The quantitative estimate of drug-likeness (QED) is 0.193. The predicted molar refractivity (Wildman–Crippen MR) is 194 cm³/mol. The highest BCUT2D eigenvalue weighted by Crippen LogP contribution is 2.45. The summed E-state index contributed by atoms with van der Waals surface area (Å²) in [7, 11) is 0. The number of hydrogen-bond donors (Lipinski definition) is 0. The van der Waals surface area contributed by atoms with E-state index >= 15 is 0 Å². The molecule has 0 aliphatic rings. The molecule has 3 aromatic heterocycles. The van der Waals surface area contributed by atoms with E-state index in [0.29, 0.717) is 5.89 Å². The zero-order valence-electron chi connectivity index (χ0n) is 28.1. The van der Waals surface area contributed by atoms with Gasteiger partial charge in [0.1, 0.15) is 22.5 Å². The van der Waals surface area contributed by atoms with Gasteiger partial charge < -0.3 is 8.83 Å². The second-order valence-electron chi connectivity index (χ2n) is 14.3. The first-order valence-electron chi connectivity index (χ1n) is 16.6. The van der Waals surface area contributed by atoms with Crippen LogP contribution in [0.15, 0.2) is 106 Å². The Morgan fingerprint density at radius 1 is 0.660 bits per heavy atom. The van der Waals surface area contributed by atoms with Crippen LogP contribution in [0.4, 0.5) is 0 Å². The van der Waals surface area contributed by atoms with E-state index in [-0.39, 0.29) is 17.3 Å². The van der Waals surface area contributed by atoms with Gasteiger partial charge in [0.15, 0.2) is 5.58 Å². The number of para-hydroxylation sites is 3. The van der Waals surface area contributed by atoms with Gasteiger partial charge in [-0.25, -0.2) is 9.97 Å². The fourth-order valence-corrected chi connectivity index (χ4v) is 6.81. The number of fused-ring (bicyclic) bond motifs is 6. The highest BCUT2D eigenvalue weighted by atomic mass is 16.4. The molecule has 47 heavy (non-hydrogen) atoms. The Balaban J connectivity index is 1.52. The molecule has 3 heterocycles. The lowest BCUT2D eigenvalue weighted by atomic mass is 9.88. The van der Waals surface area contributed by atoms with E-state index in [1.54, 1.807) is 0 Å². The van der Waals surface area contributed by atoms with Gasteiger partial charge >= 0.3 is 0 Å². The molecule has 0 spiro atoms. The van der Waals surface area contributed by atoms with Gasteiger partial charge in [-0.1, -0.05) is 109 Å². The fourth-order valence-electron chi connectivity index (χ4n) is 6.81. The largest absolute Gasteiger partial charge is 0.455 e. The summed E-state index contributed by atoms with van der Waals surface area (Å²) >= 11 is 0. The van der Waals surface area contributed by atoms with Crippen LogP contribution in [0.2, 0.25) is 0 Å². The third-order valence-corrected chi connectivity index (χ3v) is 9.19. The summed E-state index contributed by atoms with van der Waals surface area (Å²) in [5.74, 6) is 2.04. The maximum atomic E-state index is 6.73. The monoisotopic (exact) mass is 617 g/mol. The van der Waals surface area contributed by atoms with Crippen molar-refractivity contribution in [1.82, 2.24) is 14.5 Å². The lowest BCUT2D eigenvalue weighted by molar-refractivity contribution is 0.411. The Bertz CT molecular complexity index is 2420. The second-order valence-corrected chi connectivity index (χ2v) is 14.3. The zero-order valence-corrected chi connectivity index (χ0v) is 28.1. The second kappa shape index (κ2) is 10.7. The molecule has 5 heteroatoms. The number of aromatic nitrogens is 3. The van der Waals surface area contributed by atoms with Gasteiger partial charge in [0.05, 0.1) is 27.7 Å². The molecule has 8 aromatic rings. The van der Waals surface area contributed by atoms with Gasteiger partial charge in [0, 0.05) is 10.8 Å². The Morgan fingerprint density at radius 3 is 2.02 bits per heavy atom. The number of oxazole rings is 1. The van der Waals surface area contributed by atoms with E-state index in [0.717, 1.165) is 55.5 Å². The number of rotatable bonds is 5. The van der Waals surface area contributed by atoms with Crippen LogP contribution in [0.25, 0.3) is 72.3 Å². The van der Waals surface area contributed by atoms with Crippen LogP contribution in [0.1, 0.15) is 77.3 Å². The van der Waals surface area contributed by atoms with Crippen molar-refractivity contribution in [3.8, 4) is 28.2 Å². The topological polar surface area (TPSA) is 57.0 Å². The van der Waals surface area contributed by atoms with Crippen LogP contribution in [0.3, 0.4) is 0 Å². The average molecular weight is 618 g/mol. The van der Waals surface area contributed by atoms with E-state index in [4.69, 9.17) is 18.8 Å². The smallest absolute Gasteiger partial charge is 0.200 e. The number of nitrogens with zero attached hydrogens (tertiary/aromatic N) is 3. The maximum absolute atomic E-state index is 6.73. The first-order chi connectivity index (χ1) is 22.6. The van der Waals surface area contributed by atoms with Crippen molar-refractivity contribution in [2.45, 2.75) is 65.7 Å². The van der Waals surface area contributed by atoms with Gasteiger partial charge in [-0.2, -0.15) is 0 Å². The summed E-state index contributed by atoms with van der Waals surface area (Å²) in [6, 6.07) is 34.1. The Kier molecular flexibility index (Phi) is 6.66. The lowest BCUT2D eigenvalue weighted by Crippen LogP contribution is -2.10. The number of hydrogen-bond acceptors (Lipinski definition) is 4. The van der Waals surface area contributed by atoms with Crippen molar-refractivity contribution in [3.63, 3.8) is 0 Å². The molecule has 0 saturated carbocycles. The SMILES string of the molecule is CC(C)c1cc(-c2ccccc2)cc(C(C)C)c1-n1c(-c2cc3oc(C(C)(C)C)nc3c3c2oc2ccccc23)nc2ccccc21. The van der Waals surface area contributed by atoms with E-state index in [9.17, 15) is 0 Å². The van der Waals surface area contributed by atoms with Crippen molar-refractivity contribution in [2.75, 3.05) is 0 Å². The summed E-state index contributed by atoms with van der Waals surface area (Å²) in [5.41, 5.74) is 11.9.